The topological polar surface area (TPSA) is 85.9 Å². The maximum atomic E-state index is 12.1. The van der Waals surface area contributed by atoms with Crippen molar-refractivity contribution in [2.75, 3.05) is 12.8 Å². The average Bonchev–Trinajstić information content (AvgIpc) is 2.73. The Bertz CT molecular complexity index is 1090. The molecule has 3 rings (SSSR count). The van der Waals surface area contributed by atoms with E-state index in [2.05, 4.69) is 10.5 Å². The number of anilines is 1. The van der Waals surface area contributed by atoms with Crippen molar-refractivity contribution in [2.24, 2.45) is 5.10 Å². The molecule has 1 amide bonds. The third-order valence-corrected chi connectivity index (χ3v) is 4.76. The molecule has 3 N–H and O–H groups in total. The Kier molecular flexibility index (Phi) is 7.17. The normalized spacial score (nSPS) is 10.8. The van der Waals surface area contributed by atoms with Crippen molar-refractivity contribution in [3.8, 4) is 11.5 Å². The van der Waals surface area contributed by atoms with Crippen LogP contribution in [0.1, 0.15) is 21.5 Å². The number of rotatable bonds is 7. The van der Waals surface area contributed by atoms with E-state index in [1.54, 1.807) is 67.8 Å². The molecule has 30 heavy (non-hydrogen) atoms. The molecule has 6 nitrogen and oxygen atoms in total. The third-order valence-electron chi connectivity index (χ3n) is 4.17. The molecule has 0 fully saturated rings. The number of hydrazone groups is 1. The average molecular weight is 444 g/mol. The van der Waals surface area contributed by atoms with Gasteiger partial charge in [-0.15, -0.1) is 0 Å². The van der Waals surface area contributed by atoms with Gasteiger partial charge < -0.3 is 15.2 Å². The van der Waals surface area contributed by atoms with Gasteiger partial charge >= 0.3 is 0 Å². The zero-order chi connectivity index (χ0) is 21.5. The van der Waals surface area contributed by atoms with Crippen molar-refractivity contribution in [2.45, 2.75) is 6.61 Å². The minimum atomic E-state index is -0.392. The fourth-order valence-corrected chi connectivity index (χ4v) is 3.07. The van der Waals surface area contributed by atoms with Crippen LogP contribution in [-0.4, -0.2) is 19.2 Å². The number of hydrogen-bond acceptors (Lipinski definition) is 5. The van der Waals surface area contributed by atoms with Crippen LogP contribution in [0, 0.1) is 0 Å². The number of methoxy groups -OCH3 is 1. The second-order valence-corrected chi connectivity index (χ2v) is 7.06. The molecule has 0 unspecified atom stereocenters. The van der Waals surface area contributed by atoms with E-state index < -0.39 is 5.91 Å². The first kappa shape index (κ1) is 21.5. The molecular weight excluding hydrogens is 425 g/mol. The Morgan fingerprint density at radius 1 is 1.10 bits per heavy atom. The van der Waals surface area contributed by atoms with Crippen molar-refractivity contribution < 1.29 is 14.3 Å². The molecule has 0 aliphatic rings. The van der Waals surface area contributed by atoms with Gasteiger partial charge in [0.25, 0.3) is 5.91 Å². The van der Waals surface area contributed by atoms with Crippen LogP contribution in [0.2, 0.25) is 10.0 Å². The van der Waals surface area contributed by atoms with Crippen LogP contribution >= 0.6 is 23.2 Å². The first-order chi connectivity index (χ1) is 14.5. The van der Waals surface area contributed by atoms with Gasteiger partial charge in [0.2, 0.25) is 0 Å². The van der Waals surface area contributed by atoms with Gasteiger partial charge in [0.05, 0.1) is 18.9 Å². The van der Waals surface area contributed by atoms with E-state index in [1.807, 2.05) is 0 Å². The van der Waals surface area contributed by atoms with Crippen LogP contribution in [0.5, 0.6) is 11.5 Å². The van der Waals surface area contributed by atoms with E-state index in [4.69, 9.17) is 38.4 Å². The van der Waals surface area contributed by atoms with Gasteiger partial charge in [-0.2, -0.15) is 5.10 Å². The van der Waals surface area contributed by atoms with Crippen LogP contribution in [0.15, 0.2) is 65.8 Å². The minimum Gasteiger partial charge on any atom is -0.493 e. The quantitative estimate of drug-likeness (QED) is 0.308. The molecule has 0 heterocycles. The van der Waals surface area contributed by atoms with Crippen LogP contribution in [0.25, 0.3) is 0 Å². The molecule has 0 saturated heterocycles. The number of nitrogens with two attached hydrogens (primary N) is 1. The largest absolute Gasteiger partial charge is 0.493 e. The predicted molar refractivity (Wildman–Crippen MR) is 120 cm³/mol. The van der Waals surface area contributed by atoms with Gasteiger partial charge in [0.1, 0.15) is 6.61 Å². The van der Waals surface area contributed by atoms with E-state index in [1.165, 1.54) is 6.21 Å². The molecule has 3 aromatic carbocycles. The molecule has 0 bridgehead atoms. The van der Waals surface area contributed by atoms with E-state index in [0.29, 0.717) is 38.4 Å². The summed E-state index contributed by atoms with van der Waals surface area (Å²) in [7, 11) is 1.54. The summed E-state index contributed by atoms with van der Waals surface area (Å²) in [4.78, 5) is 12.1. The fraction of sp³-hybridized carbons (Fsp3) is 0.0909. The summed E-state index contributed by atoms with van der Waals surface area (Å²) < 4.78 is 11.2. The van der Waals surface area contributed by atoms with Gasteiger partial charge in [-0.1, -0.05) is 41.4 Å². The number of nitrogen functional groups attached to an aromatic ring is 1. The molecular formula is C22H19Cl2N3O3. The highest BCUT2D eigenvalue weighted by molar-refractivity contribution is 6.35. The lowest BCUT2D eigenvalue weighted by Crippen LogP contribution is -2.19. The Balaban J connectivity index is 1.65. The van der Waals surface area contributed by atoms with Crippen molar-refractivity contribution in [1.29, 1.82) is 0 Å². The van der Waals surface area contributed by atoms with Crippen LogP contribution in [0.3, 0.4) is 0 Å². The highest BCUT2D eigenvalue weighted by atomic mass is 35.5. The van der Waals surface area contributed by atoms with Crippen LogP contribution < -0.4 is 20.6 Å². The van der Waals surface area contributed by atoms with E-state index in [0.717, 1.165) is 5.56 Å². The highest BCUT2D eigenvalue weighted by Gasteiger charge is 2.09. The lowest BCUT2D eigenvalue weighted by Gasteiger charge is -2.12. The zero-order valence-corrected chi connectivity index (χ0v) is 17.6. The molecule has 0 saturated carbocycles. The number of carbonyl (C=O) groups is 1. The molecule has 0 aliphatic carbocycles. The van der Waals surface area contributed by atoms with Gasteiger partial charge in [-0.05, 0) is 48.0 Å². The summed E-state index contributed by atoms with van der Waals surface area (Å²) in [6.45, 7) is 0.258. The number of para-hydroxylation sites is 1. The molecule has 8 heteroatoms. The number of ether oxygens (including phenoxy) is 2. The third kappa shape index (κ3) is 5.43. The summed E-state index contributed by atoms with van der Waals surface area (Å²) in [5.74, 6) is 0.667. The summed E-state index contributed by atoms with van der Waals surface area (Å²) >= 11 is 12.1. The molecule has 0 aliphatic heterocycles. The fourth-order valence-electron chi connectivity index (χ4n) is 2.61. The molecule has 0 radical (unpaired) electrons. The Labute approximate surface area is 184 Å². The van der Waals surface area contributed by atoms with E-state index in [-0.39, 0.29) is 6.61 Å². The van der Waals surface area contributed by atoms with Crippen molar-refractivity contribution >= 4 is 41.0 Å². The smallest absolute Gasteiger partial charge is 0.273 e. The second kappa shape index (κ2) is 10.0. The molecule has 154 valence electrons. The number of carbonyl (C=O) groups excluding carboxylic acids is 1. The summed E-state index contributed by atoms with van der Waals surface area (Å²) in [6.07, 6.45) is 1.50. The van der Waals surface area contributed by atoms with Crippen molar-refractivity contribution in [1.82, 2.24) is 5.43 Å². The number of halogens is 2. The van der Waals surface area contributed by atoms with Crippen molar-refractivity contribution in [3.63, 3.8) is 0 Å². The summed E-state index contributed by atoms with van der Waals surface area (Å²) in [5.41, 5.74) is 10.5. The maximum absolute atomic E-state index is 12.1. The second-order valence-electron chi connectivity index (χ2n) is 6.22. The van der Waals surface area contributed by atoms with Gasteiger partial charge in [0, 0.05) is 21.3 Å². The first-order valence-corrected chi connectivity index (χ1v) is 9.66. The predicted octanol–water partition coefficient (Wildman–Crippen LogP) is 4.93. The lowest BCUT2D eigenvalue weighted by molar-refractivity contribution is 0.0956. The van der Waals surface area contributed by atoms with Crippen LogP contribution in [-0.2, 0) is 6.61 Å². The van der Waals surface area contributed by atoms with Gasteiger partial charge in [-0.25, -0.2) is 5.43 Å². The van der Waals surface area contributed by atoms with Crippen molar-refractivity contribution in [3.05, 3.63) is 87.4 Å². The number of nitrogens with one attached hydrogen (secondary N) is 1. The SMILES string of the molecule is COc1cc(/C=N\NC(=O)c2ccccc2N)ccc1OCc1ccc(Cl)cc1Cl. The molecule has 3 aromatic rings. The Morgan fingerprint density at radius 2 is 1.90 bits per heavy atom. The number of benzene rings is 3. The summed E-state index contributed by atoms with van der Waals surface area (Å²) in [5, 5.41) is 5.06. The first-order valence-electron chi connectivity index (χ1n) is 8.90. The Morgan fingerprint density at radius 3 is 2.63 bits per heavy atom. The van der Waals surface area contributed by atoms with Crippen LogP contribution in [0.4, 0.5) is 5.69 Å². The zero-order valence-electron chi connectivity index (χ0n) is 16.1. The van der Waals surface area contributed by atoms with Gasteiger partial charge in [0.15, 0.2) is 11.5 Å². The highest BCUT2D eigenvalue weighted by Crippen LogP contribution is 2.29. The molecule has 0 atom stereocenters. The standard InChI is InChI=1S/C22H19Cl2N3O3/c1-29-21-10-14(12-26-27-22(28)17-4-2-3-5-19(17)25)6-9-20(21)30-13-15-7-8-16(23)11-18(15)24/h2-12H,13,25H2,1H3,(H,27,28)/b26-12-. The minimum absolute atomic E-state index is 0.258. The molecule has 0 aromatic heterocycles. The Hall–Kier alpha value is -3.22. The lowest BCUT2D eigenvalue weighted by atomic mass is 10.2. The maximum Gasteiger partial charge on any atom is 0.273 e. The number of nitrogens with zero attached hydrogens (tertiary/aromatic N) is 1. The van der Waals surface area contributed by atoms with E-state index in [9.17, 15) is 4.79 Å². The number of hydrogen-bond donors (Lipinski definition) is 2. The number of amides is 1. The summed E-state index contributed by atoms with van der Waals surface area (Å²) in [6, 6.07) is 17.3. The molecule has 0 spiro atoms. The monoisotopic (exact) mass is 443 g/mol. The van der Waals surface area contributed by atoms with E-state index >= 15 is 0 Å². The van der Waals surface area contributed by atoms with Gasteiger partial charge in [-0.3, -0.25) is 4.79 Å².